The predicted molar refractivity (Wildman–Crippen MR) is 99.5 cm³/mol. The summed E-state index contributed by atoms with van der Waals surface area (Å²) < 4.78 is 17.6. The quantitative estimate of drug-likeness (QED) is 0.296. The maximum absolute atomic E-state index is 11.9. The van der Waals surface area contributed by atoms with E-state index in [1.165, 1.54) is 0 Å². The normalized spacial score (nSPS) is 22.3. The average molecular weight is 371 g/mol. The van der Waals surface area contributed by atoms with Crippen LogP contribution in [0, 0.1) is 0 Å². The Bertz CT molecular complexity index is 491. The van der Waals surface area contributed by atoms with Gasteiger partial charge in [-0.1, -0.05) is 39.2 Å². The Morgan fingerprint density at radius 1 is 1.17 bits per heavy atom. The molecule has 1 fully saturated rings. The third-order valence-electron chi connectivity index (χ3n) is 5.07. The van der Waals surface area contributed by atoms with Gasteiger partial charge < -0.3 is 13.9 Å². The van der Waals surface area contributed by atoms with Gasteiger partial charge in [0.1, 0.15) is 6.10 Å². The molecule has 0 spiro atoms. The zero-order chi connectivity index (χ0) is 18.6. The maximum atomic E-state index is 11.9. The number of carbonyl (C=O) groups is 2. The Kier molecular flexibility index (Phi) is 6.78. The number of carbonyl (C=O) groups excluding carboxylic acids is 2. The first-order chi connectivity index (χ1) is 11.0. The van der Waals surface area contributed by atoms with Gasteiger partial charge in [0.25, 0.3) is 5.79 Å². The van der Waals surface area contributed by atoms with Crippen molar-refractivity contribution in [3.05, 3.63) is 25.3 Å². The van der Waals surface area contributed by atoms with E-state index in [2.05, 4.69) is 39.3 Å². The Balaban J connectivity index is 3.23. The molecule has 1 aliphatic rings. The molecule has 0 aromatic heterocycles. The molecule has 0 N–H and O–H groups in total. The molecule has 0 saturated carbocycles. The molecule has 5 nitrogen and oxygen atoms in total. The zero-order valence-corrected chi connectivity index (χ0v) is 17.5. The van der Waals surface area contributed by atoms with Gasteiger partial charge >= 0.3 is 11.9 Å². The zero-order valence-electron chi connectivity index (χ0n) is 15.5. The summed E-state index contributed by atoms with van der Waals surface area (Å²) in [6.45, 7) is 17.9. The number of rotatable bonds is 7. The second kappa shape index (κ2) is 7.80. The summed E-state index contributed by atoms with van der Waals surface area (Å²) >= 11 is 0. The fourth-order valence-corrected chi connectivity index (χ4v) is 9.40. The molecule has 0 aromatic rings. The number of esters is 2. The van der Waals surface area contributed by atoms with E-state index in [-0.39, 0.29) is 0 Å². The highest BCUT2D eigenvalue weighted by Gasteiger charge is 2.55. The lowest BCUT2D eigenvalue weighted by Gasteiger charge is -2.50. The molecule has 0 aromatic carbocycles. The van der Waals surface area contributed by atoms with Gasteiger partial charge in [-0.3, -0.25) is 0 Å². The molecule has 1 saturated heterocycles. The van der Waals surface area contributed by atoms with Crippen LogP contribution in [0.2, 0.25) is 32.2 Å². The molecule has 1 aliphatic heterocycles. The Hall–Kier alpha value is -1.19. The van der Waals surface area contributed by atoms with Crippen molar-refractivity contribution in [3.63, 3.8) is 0 Å². The van der Waals surface area contributed by atoms with E-state index in [1.54, 1.807) is 0 Å². The Morgan fingerprint density at radius 3 is 2.04 bits per heavy atom. The predicted octanol–water partition coefficient (Wildman–Crippen LogP) is 3.72. The van der Waals surface area contributed by atoms with Crippen LogP contribution in [0.4, 0.5) is 0 Å². The summed E-state index contributed by atoms with van der Waals surface area (Å²) in [5.74, 6) is -2.66. The summed E-state index contributed by atoms with van der Waals surface area (Å²) in [6, 6.07) is 1.06. The molecule has 136 valence electrons. The van der Waals surface area contributed by atoms with Crippen LogP contribution in [0.1, 0.15) is 26.2 Å². The van der Waals surface area contributed by atoms with Crippen molar-refractivity contribution in [1.29, 1.82) is 0 Å². The Labute approximate surface area is 147 Å². The van der Waals surface area contributed by atoms with E-state index in [4.69, 9.17) is 13.9 Å². The molecular weight excluding hydrogens is 340 g/mol. The fraction of sp³-hybridized carbons (Fsp3) is 0.647. The summed E-state index contributed by atoms with van der Waals surface area (Å²) in [7, 11) is -3.40. The first kappa shape index (κ1) is 20.9. The maximum Gasteiger partial charge on any atom is 0.333 e. The van der Waals surface area contributed by atoms with Gasteiger partial charge in [-0.2, -0.15) is 0 Å². The molecule has 7 heteroatoms. The third kappa shape index (κ3) is 4.46. The van der Waals surface area contributed by atoms with Gasteiger partial charge in [-0.15, -0.1) is 0 Å². The molecule has 1 unspecified atom stereocenters. The second-order valence-electron chi connectivity index (χ2n) is 7.35. The van der Waals surface area contributed by atoms with Crippen LogP contribution in [0.25, 0.3) is 0 Å². The fourth-order valence-electron chi connectivity index (χ4n) is 2.86. The van der Waals surface area contributed by atoms with Crippen molar-refractivity contribution < 1.29 is 23.5 Å². The van der Waals surface area contributed by atoms with Gasteiger partial charge in [-0.25, -0.2) is 9.59 Å². The van der Waals surface area contributed by atoms with Crippen LogP contribution >= 0.6 is 0 Å². The molecular formula is C17H30O5Si2. The van der Waals surface area contributed by atoms with Crippen molar-refractivity contribution in [2.75, 3.05) is 0 Å². The second-order valence-corrected chi connectivity index (χ2v) is 22.5. The summed E-state index contributed by atoms with van der Waals surface area (Å²) in [4.78, 5) is 23.8. The van der Waals surface area contributed by atoms with Gasteiger partial charge in [0.05, 0.1) is 7.59 Å². The van der Waals surface area contributed by atoms with Crippen LogP contribution in [0.5, 0.6) is 0 Å². The number of hydrogen-bond acceptors (Lipinski definition) is 5. The van der Waals surface area contributed by atoms with Gasteiger partial charge in [-0.05, 0) is 25.9 Å². The molecule has 1 atom stereocenters. The van der Waals surface area contributed by atoms with E-state index >= 15 is 0 Å². The van der Waals surface area contributed by atoms with Crippen molar-refractivity contribution in [2.45, 2.75) is 70.3 Å². The van der Waals surface area contributed by atoms with Gasteiger partial charge in [0.2, 0.25) is 0 Å². The van der Waals surface area contributed by atoms with Crippen LogP contribution in [0.15, 0.2) is 25.3 Å². The van der Waals surface area contributed by atoms with E-state index in [9.17, 15) is 9.59 Å². The van der Waals surface area contributed by atoms with Gasteiger partial charge in [0, 0.05) is 18.6 Å². The van der Waals surface area contributed by atoms with Gasteiger partial charge in [0.15, 0.2) is 7.83 Å². The third-order valence-corrected chi connectivity index (χ3v) is 21.6. The van der Waals surface area contributed by atoms with Crippen molar-refractivity contribution in [3.8, 4) is 0 Å². The number of ether oxygens (including phenoxy) is 2. The first-order valence-corrected chi connectivity index (χ1v) is 15.5. The van der Waals surface area contributed by atoms with Crippen molar-refractivity contribution in [2.24, 2.45) is 0 Å². The van der Waals surface area contributed by atoms with Crippen LogP contribution in [-0.2, 0) is 23.5 Å². The smallest absolute Gasteiger partial charge is 0.333 e. The average Bonchev–Trinajstić information content (AvgIpc) is 2.49. The molecule has 1 rings (SSSR count). The standard InChI is InChI=1S/C17H30O5Si2/c1-8-12-17(20-15(18)9-2,21-16(19)10-3)14-11-13-23(4,5)24(6,7)22-14/h9-10,14H,2-3,8,11-13H2,1,4-7H3. The summed E-state index contributed by atoms with van der Waals surface area (Å²) in [6.07, 6.45) is 3.48. The minimum absolute atomic E-state index is 0.378. The molecule has 0 aliphatic carbocycles. The van der Waals surface area contributed by atoms with Crippen molar-refractivity contribution >= 4 is 27.4 Å². The largest absolute Gasteiger partial charge is 0.416 e. The lowest BCUT2D eigenvalue weighted by molar-refractivity contribution is -0.256. The molecule has 24 heavy (non-hydrogen) atoms. The minimum atomic E-state index is -1.94. The van der Waals surface area contributed by atoms with E-state index < -0.39 is 39.3 Å². The van der Waals surface area contributed by atoms with E-state index in [1.807, 2.05) is 6.92 Å². The monoisotopic (exact) mass is 370 g/mol. The van der Waals surface area contributed by atoms with Crippen LogP contribution < -0.4 is 0 Å². The Morgan fingerprint density at radius 2 is 1.67 bits per heavy atom. The molecule has 0 radical (unpaired) electrons. The molecule has 0 bridgehead atoms. The topological polar surface area (TPSA) is 61.8 Å². The molecule has 1 heterocycles. The first-order valence-electron chi connectivity index (χ1n) is 8.42. The lowest BCUT2D eigenvalue weighted by Crippen LogP contribution is -2.66. The minimum Gasteiger partial charge on any atom is -0.416 e. The lowest BCUT2D eigenvalue weighted by atomic mass is 10.0. The highest BCUT2D eigenvalue weighted by atomic mass is 29.3. The summed E-state index contributed by atoms with van der Waals surface area (Å²) in [5, 5.41) is 0. The molecule has 0 amide bonds. The highest BCUT2D eigenvalue weighted by Crippen LogP contribution is 2.40. The van der Waals surface area contributed by atoms with Crippen molar-refractivity contribution in [1.82, 2.24) is 0 Å². The number of hydrogen-bond donors (Lipinski definition) is 0. The van der Waals surface area contributed by atoms with E-state index in [0.717, 1.165) is 18.2 Å². The van der Waals surface area contributed by atoms with Crippen LogP contribution in [0.3, 0.4) is 0 Å². The van der Waals surface area contributed by atoms with Crippen LogP contribution in [-0.4, -0.2) is 39.3 Å². The van der Waals surface area contributed by atoms with E-state index in [0.29, 0.717) is 19.3 Å². The summed E-state index contributed by atoms with van der Waals surface area (Å²) in [5.41, 5.74) is 0. The highest BCUT2D eigenvalue weighted by molar-refractivity contribution is 7.38. The SMILES string of the molecule is C=CC(=O)OC(CCC)(OC(=O)C=C)C1CC[Si](C)(C)[Si](C)(C)O1.